The van der Waals surface area contributed by atoms with Crippen LogP contribution in [0.15, 0.2) is 45.8 Å². The molecule has 0 saturated carbocycles. The Morgan fingerprint density at radius 2 is 2.00 bits per heavy atom. The van der Waals surface area contributed by atoms with Gasteiger partial charge in [0.25, 0.3) is 10.0 Å². The van der Waals surface area contributed by atoms with Crippen molar-refractivity contribution in [1.29, 1.82) is 0 Å². The minimum absolute atomic E-state index is 0.0216. The first kappa shape index (κ1) is 14.5. The van der Waals surface area contributed by atoms with E-state index in [0.29, 0.717) is 11.3 Å². The van der Waals surface area contributed by atoms with Crippen LogP contribution in [0.2, 0.25) is 0 Å². The highest BCUT2D eigenvalue weighted by Crippen LogP contribution is 2.55. The normalized spacial score (nSPS) is 30.8. The van der Waals surface area contributed by atoms with Crippen molar-refractivity contribution in [2.75, 3.05) is 4.31 Å². The van der Waals surface area contributed by atoms with Gasteiger partial charge in [0.15, 0.2) is 0 Å². The lowest BCUT2D eigenvalue weighted by atomic mass is 9.70. The number of anilines is 1. The van der Waals surface area contributed by atoms with E-state index in [2.05, 4.69) is 35.9 Å². The molecule has 0 radical (unpaired) electrons. The van der Waals surface area contributed by atoms with Crippen LogP contribution in [-0.4, -0.2) is 14.5 Å². The van der Waals surface area contributed by atoms with Crippen molar-refractivity contribution in [2.45, 2.75) is 32.7 Å². The molecule has 1 fully saturated rings. The molecule has 5 heteroatoms. The molecule has 0 bridgehead atoms. The average Bonchev–Trinajstić information content (AvgIpc) is 2.87. The molecular formula is C17H18BrNO2S. The molecule has 1 saturated heterocycles. The van der Waals surface area contributed by atoms with E-state index in [-0.39, 0.29) is 17.4 Å². The predicted octanol–water partition coefficient (Wildman–Crippen LogP) is 3.97. The maximum Gasteiger partial charge on any atom is 0.261 e. The zero-order chi connectivity index (χ0) is 15.7. The molecular weight excluding hydrogens is 362 g/mol. The van der Waals surface area contributed by atoms with Gasteiger partial charge in [0, 0.05) is 5.92 Å². The minimum atomic E-state index is -3.44. The van der Waals surface area contributed by atoms with Crippen LogP contribution < -0.4 is 4.31 Å². The largest absolute Gasteiger partial charge is 0.262 e. The molecule has 4 rings (SSSR count). The summed E-state index contributed by atoms with van der Waals surface area (Å²) in [5, 5.41) is 0. The highest BCUT2D eigenvalue weighted by molar-refractivity contribution is 9.11. The van der Waals surface area contributed by atoms with E-state index in [1.165, 1.54) is 0 Å². The van der Waals surface area contributed by atoms with Gasteiger partial charge < -0.3 is 0 Å². The first-order valence-electron chi connectivity index (χ1n) is 7.52. The molecule has 0 amide bonds. The number of nitrogens with zero attached hydrogens (tertiary/aromatic N) is 1. The number of fused-ring (bicyclic) bond motifs is 4. The molecule has 1 aliphatic carbocycles. The van der Waals surface area contributed by atoms with Gasteiger partial charge in [-0.15, -0.1) is 0 Å². The van der Waals surface area contributed by atoms with E-state index in [0.717, 1.165) is 22.2 Å². The van der Waals surface area contributed by atoms with Gasteiger partial charge in [-0.3, -0.25) is 4.31 Å². The smallest absolute Gasteiger partial charge is 0.261 e. The second-order valence-electron chi connectivity index (χ2n) is 6.87. The molecule has 1 aromatic rings. The Morgan fingerprint density at radius 3 is 2.77 bits per heavy atom. The Morgan fingerprint density at radius 1 is 1.27 bits per heavy atom. The van der Waals surface area contributed by atoms with Crippen LogP contribution in [0.1, 0.15) is 25.8 Å². The van der Waals surface area contributed by atoms with E-state index in [9.17, 15) is 8.42 Å². The molecule has 0 spiro atoms. The van der Waals surface area contributed by atoms with Gasteiger partial charge in [-0.05, 0) is 34.4 Å². The van der Waals surface area contributed by atoms with Gasteiger partial charge in [0.1, 0.15) is 0 Å². The number of rotatable bonds is 0. The zero-order valence-corrected chi connectivity index (χ0v) is 15.0. The summed E-state index contributed by atoms with van der Waals surface area (Å²) in [5.74, 6) is -0.0591. The molecule has 0 aromatic heterocycles. The van der Waals surface area contributed by atoms with Crippen molar-refractivity contribution in [3.63, 3.8) is 0 Å². The van der Waals surface area contributed by atoms with Crippen LogP contribution in [0.5, 0.6) is 0 Å². The van der Waals surface area contributed by atoms with E-state index in [1.807, 2.05) is 30.3 Å². The zero-order valence-electron chi connectivity index (χ0n) is 12.6. The molecule has 0 unspecified atom stereocenters. The average molecular weight is 380 g/mol. The van der Waals surface area contributed by atoms with Crippen molar-refractivity contribution >= 4 is 31.6 Å². The van der Waals surface area contributed by atoms with E-state index in [4.69, 9.17) is 0 Å². The van der Waals surface area contributed by atoms with Gasteiger partial charge in [0.05, 0.1) is 16.6 Å². The lowest BCUT2D eigenvalue weighted by Crippen LogP contribution is -2.56. The van der Waals surface area contributed by atoms with E-state index < -0.39 is 10.0 Å². The monoisotopic (exact) mass is 379 g/mol. The maximum atomic E-state index is 13.2. The third-order valence-electron chi connectivity index (χ3n) is 5.29. The number of hydrogen-bond donors (Lipinski definition) is 0. The molecule has 2 heterocycles. The molecule has 3 aliphatic rings. The Bertz CT molecular complexity index is 823. The second kappa shape index (κ2) is 4.48. The maximum absolute atomic E-state index is 13.2. The predicted molar refractivity (Wildman–Crippen MR) is 92.3 cm³/mol. The van der Waals surface area contributed by atoms with Crippen LogP contribution in [0.25, 0.3) is 0 Å². The molecule has 2 atom stereocenters. The molecule has 22 heavy (non-hydrogen) atoms. The molecule has 2 aliphatic heterocycles. The Hall–Kier alpha value is -1.07. The van der Waals surface area contributed by atoms with Gasteiger partial charge in [-0.2, -0.15) is 0 Å². The Balaban J connectivity index is 1.96. The van der Waals surface area contributed by atoms with Crippen LogP contribution in [0.4, 0.5) is 5.69 Å². The Labute approximate surface area is 139 Å². The fraction of sp³-hybridized carbons (Fsp3) is 0.412. The van der Waals surface area contributed by atoms with Gasteiger partial charge in [0.2, 0.25) is 0 Å². The Kier molecular flexibility index (Phi) is 2.96. The third kappa shape index (κ3) is 1.75. The van der Waals surface area contributed by atoms with Gasteiger partial charge in [-0.1, -0.05) is 60.1 Å². The van der Waals surface area contributed by atoms with Crippen molar-refractivity contribution in [2.24, 2.45) is 11.3 Å². The van der Waals surface area contributed by atoms with Crippen LogP contribution in [0, 0.1) is 11.3 Å². The molecule has 116 valence electrons. The summed E-state index contributed by atoms with van der Waals surface area (Å²) in [7, 11) is -3.44. The van der Waals surface area contributed by atoms with Gasteiger partial charge >= 0.3 is 0 Å². The number of halogens is 1. The summed E-state index contributed by atoms with van der Waals surface area (Å²) in [4.78, 5) is 0.564. The van der Waals surface area contributed by atoms with Crippen LogP contribution in [-0.2, 0) is 16.4 Å². The summed E-state index contributed by atoms with van der Waals surface area (Å²) in [6, 6.07) is 7.86. The van der Waals surface area contributed by atoms with E-state index >= 15 is 0 Å². The van der Waals surface area contributed by atoms with Crippen molar-refractivity contribution in [1.82, 2.24) is 0 Å². The first-order chi connectivity index (χ1) is 10.3. The van der Waals surface area contributed by atoms with Crippen molar-refractivity contribution in [3.8, 4) is 0 Å². The number of hydrogen-bond acceptors (Lipinski definition) is 2. The van der Waals surface area contributed by atoms with Crippen molar-refractivity contribution in [3.05, 3.63) is 51.4 Å². The summed E-state index contributed by atoms with van der Waals surface area (Å²) < 4.78 is 29.2. The highest BCUT2D eigenvalue weighted by atomic mass is 79.9. The fourth-order valence-corrected chi connectivity index (χ4v) is 6.80. The summed E-state index contributed by atoms with van der Waals surface area (Å²) in [5.41, 5.74) is 1.84. The SMILES string of the molecule is CC1(C)[C@@H]2C=C(Br)CC=C2S(=O)(=O)N2c3ccccc3C[C@@H]21. The molecule has 1 aromatic carbocycles. The summed E-state index contributed by atoms with van der Waals surface area (Å²) in [6.45, 7) is 4.37. The van der Waals surface area contributed by atoms with Crippen LogP contribution >= 0.6 is 15.9 Å². The molecule has 0 N–H and O–H groups in total. The number of sulfonamides is 1. The number of benzene rings is 1. The first-order valence-corrected chi connectivity index (χ1v) is 9.75. The van der Waals surface area contributed by atoms with Crippen molar-refractivity contribution < 1.29 is 8.42 Å². The number of allylic oxidation sites excluding steroid dienone is 4. The fourth-order valence-electron chi connectivity index (χ4n) is 4.04. The quantitative estimate of drug-likeness (QED) is 0.683. The lowest BCUT2D eigenvalue weighted by molar-refractivity contribution is 0.229. The lowest BCUT2D eigenvalue weighted by Gasteiger charge is -2.49. The topological polar surface area (TPSA) is 37.4 Å². The standard InChI is InChI=1S/C17H18BrNO2S/c1-17(2)13-10-12(18)7-8-15(13)22(20,21)19-14-6-4-3-5-11(14)9-16(17)19/h3-6,8,10,13,16H,7,9H2,1-2H3/t13-,16-/m1/s1. The third-order valence-corrected chi connectivity index (χ3v) is 7.87. The summed E-state index contributed by atoms with van der Waals surface area (Å²) in [6.07, 6.45) is 5.41. The van der Waals surface area contributed by atoms with Crippen LogP contribution in [0.3, 0.4) is 0 Å². The number of para-hydroxylation sites is 1. The molecule has 3 nitrogen and oxygen atoms in total. The second-order valence-corrected chi connectivity index (χ2v) is 9.71. The highest BCUT2D eigenvalue weighted by Gasteiger charge is 2.56. The summed E-state index contributed by atoms with van der Waals surface area (Å²) >= 11 is 3.55. The minimum Gasteiger partial charge on any atom is -0.262 e. The van der Waals surface area contributed by atoms with E-state index in [1.54, 1.807) is 4.31 Å². The van der Waals surface area contributed by atoms with Gasteiger partial charge in [-0.25, -0.2) is 8.42 Å².